The summed E-state index contributed by atoms with van der Waals surface area (Å²) in [6, 6.07) is 8.95. The minimum absolute atomic E-state index is 0.250. The van der Waals surface area contributed by atoms with E-state index in [1.165, 1.54) is 19.3 Å². The van der Waals surface area contributed by atoms with Crippen LogP contribution in [-0.2, 0) is 24.1 Å². The van der Waals surface area contributed by atoms with Crippen molar-refractivity contribution in [3.05, 3.63) is 55.6 Å². The first kappa shape index (κ1) is 56.5. The fraction of sp³-hybridized carbons (Fsp3) is 0.657. The molecule has 0 heterocycles. The molecule has 0 fully saturated rings. The Labute approximate surface area is 284 Å². The van der Waals surface area contributed by atoms with Crippen molar-refractivity contribution in [3.8, 4) is 5.75 Å². The van der Waals surface area contributed by atoms with E-state index in [-0.39, 0.29) is 46.2 Å². The van der Waals surface area contributed by atoms with Gasteiger partial charge in [0.1, 0.15) is 5.75 Å². The molecule has 0 spiro atoms. The molecule has 12 nitrogen and oxygen atoms in total. The molecule has 0 saturated carbocycles. The molecule has 47 heavy (non-hydrogen) atoms. The fourth-order valence-electron chi connectivity index (χ4n) is 2.68. The highest BCUT2D eigenvalue weighted by molar-refractivity contribution is 5.81. The van der Waals surface area contributed by atoms with Crippen molar-refractivity contribution < 1.29 is 59.5 Å². The zero-order valence-corrected chi connectivity index (χ0v) is 30.2. The Bertz CT molecular complexity index is 691. The van der Waals surface area contributed by atoms with Crippen molar-refractivity contribution in [2.24, 2.45) is 0 Å². The van der Waals surface area contributed by atoms with Crippen LogP contribution in [0.4, 0.5) is 0 Å². The van der Waals surface area contributed by atoms with E-state index in [2.05, 4.69) is 20.1 Å². The van der Waals surface area contributed by atoms with Gasteiger partial charge in [-0.2, -0.15) is 0 Å². The van der Waals surface area contributed by atoms with Gasteiger partial charge in [0.25, 0.3) is 5.79 Å². The van der Waals surface area contributed by atoms with Crippen LogP contribution < -0.4 is 4.74 Å². The van der Waals surface area contributed by atoms with Crippen LogP contribution in [0.5, 0.6) is 5.75 Å². The largest absolute Gasteiger partial charge is 0.455 e. The Morgan fingerprint density at radius 2 is 1.02 bits per heavy atom. The minimum Gasteiger partial charge on any atom is -0.455 e. The van der Waals surface area contributed by atoms with E-state index >= 15 is 0 Å². The number of rotatable bonds is 16. The molecular formula is C35H68O12. The number of hydrogen-bond donors (Lipinski definition) is 6. The van der Waals surface area contributed by atoms with Crippen LogP contribution in [0, 0.1) is 0 Å². The molecule has 1 aromatic rings. The van der Waals surface area contributed by atoms with Crippen molar-refractivity contribution in [2.75, 3.05) is 46.2 Å². The van der Waals surface area contributed by atoms with E-state index in [0.29, 0.717) is 12.2 Å². The van der Waals surface area contributed by atoms with Crippen molar-refractivity contribution in [1.82, 2.24) is 0 Å². The second-order valence-corrected chi connectivity index (χ2v) is 8.60. The maximum absolute atomic E-state index is 11.6. The van der Waals surface area contributed by atoms with Crippen molar-refractivity contribution in [1.29, 1.82) is 0 Å². The Hall–Kier alpha value is -2.84. The number of esters is 1. The van der Waals surface area contributed by atoms with E-state index in [1.54, 1.807) is 65.8 Å². The summed E-state index contributed by atoms with van der Waals surface area (Å²) >= 11 is 0. The van der Waals surface area contributed by atoms with Crippen LogP contribution in [0.25, 0.3) is 0 Å². The molecule has 0 radical (unpaired) electrons. The minimum atomic E-state index is -1.47. The van der Waals surface area contributed by atoms with Gasteiger partial charge in [-0.1, -0.05) is 76.8 Å². The number of carbonyl (C=O) groups excluding carboxylic acids is 2. The predicted octanol–water partition coefficient (Wildman–Crippen LogP) is 5.28. The SMILES string of the molecule is C=CC(=O)OCC(CCCCCCCCC)(OOC(=O)C=C)Oc1ccccc1.CCO.CCO.CCO.CCO.CCO.CCO. The Balaban J connectivity index is -0.000000193. The van der Waals surface area contributed by atoms with Gasteiger partial charge in [0.15, 0.2) is 6.61 Å². The van der Waals surface area contributed by atoms with E-state index in [4.69, 9.17) is 49.9 Å². The van der Waals surface area contributed by atoms with Gasteiger partial charge in [-0.25, -0.2) is 9.59 Å². The molecule has 280 valence electrons. The lowest BCUT2D eigenvalue weighted by Crippen LogP contribution is -2.45. The fourth-order valence-corrected chi connectivity index (χ4v) is 2.68. The second-order valence-electron chi connectivity index (χ2n) is 8.60. The Kier molecular flexibility index (Phi) is 63.3. The summed E-state index contributed by atoms with van der Waals surface area (Å²) < 4.78 is 11.2. The van der Waals surface area contributed by atoms with Crippen molar-refractivity contribution >= 4 is 11.9 Å². The van der Waals surface area contributed by atoms with Gasteiger partial charge in [0, 0.05) is 58.2 Å². The van der Waals surface area contributed by atoms with Gasteiger partial charge in [0.2, 0.25) is 0 Å². The first-order valence-corrected chi connectivity index (χ1v) is 16.2. The summed E-state index contributed by atoms with van der Waals surface area (Å²) in [7, 11) is 0. The van der Waals surface area contributed by atoms with Crippen LogP contribution in [0.2, 0.25) is 0 Å². The molecule has 0 aliphatic heterocycles. The number of carbonyl (C=O) groups is 2. The molecule has 1 aromatic carbocycles. The number of ether oxygens (including phenoxy) is 2. The topological polar surface area (TPSA) is 192 Å². The van der Waals surface area contributed by atoms with E-state index in [1.807, 2.05) is 6.07 Å². The first-order chi connectivity index (χ1) is 22.5. The van der Waals surface area contributed by atoms with E-state index < -0.39 is 17.7 Å². The first-order valence-electron chi connectivity index (χ1n) is 16.2. The smallest absolute Gasteiger partial charge is 0.365 e. The summed E-state index contributed by atoms with van der Waals surface area (Å²) in [5, 5.41) is 45.4. The van der Waals surface area contributed by atoms with E-state index in [9.17, 15) is 9.59 Å². The highest BCUT2D eigenvalue weighted by Crippen LogP contribution is 2.27. The third-order valence-corrected chi connectivity index (χ3v) is 4.25. The van der Waals surface area contributed by atoms with Crippen LogP contribution >= 0.6 is 0 Å². The molecule has 0 aliphatic rings. The second kappa shape index (κ2) is 52.7. The molecule has 0 bridgehead atoms. The van der Waals surface area contributed by atoms with Crippen LogP contribution in [0.3, 0.4) is 0 Å². The van der Waals surface area contributed by atoms with Gasteiger partial charge in [-0.05, 0) is 60.1 Å². The maximum atomic E-state index is 11.6. The normalized spacial score (nSPS) is 9.98. The van der Waals surface area contributed by atoms with Crippen LogP contribution in [0.1, 0.15) is 99.8 Å². The zero-order valence-electron chi connectivity index (χ0n) is 30.2. The molecule has 1 rings (SSSR count). The van der Waals surface area contributed by atoms with Crippen LogP contribution in [0.15, 0.2) is 55.6 Å². The Morgan fingerprint density at radius 1 is 0.638 bits per heavy atom. The molecule has 0 saturated heterocycles. The predicted molar refractivity (Wildman–Crippen MR) is 187 cm³/mol. The maximum Gasteiger partial charge on any atom is 0.365 e. The highest BCUT2D eigenvalue weighted by atomic mass is 17.2. The van der Waals surface area contributed by atoms with Gasteiger partial charge in [-0.15, -0.1) is 4.89 Å². The quantitative estimate of drug-likeness (QED) is 0.0331. The highest BCUT2D eigenvalue weighted by Gasteiger charge is 2.38. The summed E-state index contributed by atoms with van der Waals surface area (Å²) in [6.45, 7) is 20.2. The molecule has 6 N–H and O–H groups in total. The molecule has 0 aliphatic carbocycles. The molecule has 12 heteroatoms. The number of aliphatic hydroxyl groups excluding tert-OH is 6. The van der Waals surface area contributed by atoms with Crippen molar-refractivity contribution in [2.45, 2.75) is 106 Å². The molecular weight excluding hydrogens is 612 g/mol. The number of aliphatic hydroxyl groups is 6. The summed E-state index contributed by atoms with van der Waals surface area (Å²) in [5.74, 6) is -2.35. The summed E-state index contributed by atoms with van der Waals surface area (Å²) in [4.78, 5) is 33.3. The van der Waals surface area contributed by atoms with Gasteiger partial charge >= 0.3 is 11.9 Å². The Morgan fingerprint density at radius 3 is 1.40 bits per heavy atom. The lowest BCUT2D eigenvalue weighted by atomic mass is 10.0. The number of hydrogen-bond acceptors (Lipinski definition) is 12. The molecule has 0 aromatic heterocycles. The molecule has 1 unspecified atom stereocenters. The number of para-hydroxylation sites is 1. The average molecular weight is 681 g/mol. The van der Waals surface area contributed by atoms with Crippen molar-refractivity contribution in [3.63, 3.8) is 0 Å². The van der Waals surface area contributed by atoms with Gasteiger partial charge in [0.05, 0.1) is 0 Å². The molecule has 1 atom stereocenters. The average Bonchev–Trinajstić information content (AvgIpc) is 3.05. The van der Waals surface area contributed by atoms with Gasteiger partial charge < -0.3 is 40.1 Å². The molecule has 0 amide bonds. The third-order valence-electron chi connectivity index (χ3n) is 4.25. The number of benzene rings is 1. The summed E-state index contributed by atoms with van der Waals surface area (Å²) in [5.41, 5.74) is 0. The van der Waals surface area contributed by atoms with E-state index in [0.717, 1.165) is 37.8 Å². The summed E-state index contributed by atoms with van der Waals surface area (Å²) in [6.07, 6.45) is 10.0. The monoisotopic (exact) mass is 680 g/mol. The van der Waals surface area contributed by atoms with Gasteiger partial charge in [-0.3, -0.25) is 4.89 Å². The number of unbranched alkanes of at least 4 members (excludes halogenated alkanes) is 6. The van der Waals surface area contributed by atoms with Crippen LogP contribution in [-0.4, -0.2) is 94.6 Å². The third kappa shape index (κ3) is 55.9. The lowest BCUT2D eigenvalue weighted by Gasteiger charge is -2.31. The lowest BCUT2D eigenvalue weighted by molar-refractivity contribution is -0.390. The standard InChI is InChI=1S/C23H32O6.6C2H6O/c1-4-7-8-9-10-11-15-18-23(19-26-21(24)5-2,29-28-22(25)6-3)27-20-16-13-12-14-17-20;6*1-2-3/h5-6,12-14,16-17H,2-4,7-11,15,18-19H2,1H3;6*3H,2H2,1H3. The zero-order chi connectivity index (χ0) is 37.6.